The van der Waals surface area contributed by atoms with Crippen molar-refractivity contribution in [3.63, 3.8) is 0 Å². The third-order valence-corrected chi connectivity index (χ3v) is 7.09. The average molecular weight is 549 g/mol. The zero-order valence-electron chi connectivity index (χ0n) is 21.5. The normalized spacial score (nSPS) is 12.2. The molecule has 196 valence electrons. The average Bonchev–Trinajstić information content (AvgIpc) is 2.86. The Morgan fingerprint density at radius 3 is 1.47 bits per heavy atom. The van der Waals surface area contributed by atoms with Crippen LogP contribution in [0.5, 0.6) is 0 Å². The third kappa shape index (κ3) is 8.48. The first-order valence-corrected chi connectivity index (χ1v) is 13.2. The zero-order chi connectivity index (χ0) is 28.2. The largest absolute Gasteiger partial charge is 0.463 e. The predicted molar refractivity (Wildman–Crippen MR) is 150 cm³/mol. The van der Waals surface area contributed by atoms with Gasteiger partial charge in [0, 0.05) is 44.5 Å². The van der Waals surface area contributed by atoms with E-state index in [-0.39, 0.29) is 34.4 Å². The molecule has 0 unspecified atom stereocenters. The Labute approximate surface area is 231 Å². The second kappa shape index (κ2) is 14.6. The van der Waals surface area contributed by atoms with Crippen LogP contribution in [0.2, 0.25) is 0 Å². The molecule has 0 atom stereocenters. The Balaban J connectivity index is 2.54. The molecular formula is C28H28N4O4S2. The van der Waals surface area contributed by atoms with Gasteiger partial charge in [0.25, 0.3) is 0 Å². The molecule has 0 bridgehead atoms. The van der Waals surface area contributed by atoms with E-state index in [1.807, 2.05) is 38.1 Å². The fourth-order valence-corrected chi connectivity index (χ4v) is 5.28. The van der Waals surface area contributed by atoms with Crippen molar-refractivity contribution >= 4 is 46.9 Å². The molecule has 0 aliphatic heterocycles. The smallest absolute Gasteiger partial charge is 0.332 e. The molecule has 0 aromatic heterocycles. The first-order valence-electron chi connectivity index (χ1n) is 11.5. The number of esters is 2. The number of hydrogen-bond donors (Lipinski definition) is 2. The molecule has 2 aromatic carbocycles. The highest BCUT2D eigenvalue weighted by molar-refractivity contribution is 8.07. The monoisotopic (exact) mass is 548 g/mol. The molecule has 0 saturated carbocycles. The summed E-state index contributed by atoms with van der Waals surface area (Å²) in [5.74, 6) is -1.16. The molecular weight excluding hydrogens is 520 g/mol. The van der Waals surface area contributed by atoms with Gasteiger partial charge in [-0.3, -0.25) is 0 Å². The van der Waals surface area contributed by atoms with Gasteiger partial charge in [-0.2, -0.15) is 10.5 Å². The number of allylic oxidation sites excluding steroid dienone is 2. The minimum atomic E-state index is -0.578. The number of nitrogens with zero attached hydrogens (tertiary/aromatic N) is 2. The van der Waals surface area contributed by atoms with Gasteiger partial charge in [0.05, 0.1) is 13.2 Å². The molecule has 0 saturated heterocycles. The fraction of sp³-hybridized carbons (Fsp3) is 0.214. The van der Waals surface area contributed by atoms with E-state index in [1.54, 1.807) is 26.0 Å². The predicted octanol–water partition coefficient (Wildman–Crippen LogP) is 5.17. The summed E-state index contributed by atoms with van der Waals surface area (Å²) < 4.78 is 9.89. The quantitative estimate of drug-likeness (QED) is 0.176. The van der Waals surface area contributed by atoms with Crippen molar-refractivity contribution in [2.45, 2.75) is 37.5 Å². The van der Waals surface area contributed by atoms with Gasteiger partial charge in [-0.25, -0.2) is 9.59 Å². The molecule has 0 heterocycles. The fourth-order valence-electron chi connectivity index (χ4n) is 3.14. The van der Waals surface area contributed by atoms with E-state index < -0.39 is 11.9 Å². The number of benzene rings is 2. The first-order chi connectivity index (χ1) is 18.1. The van der Waals surface area contributed by atoms with Crippen LogP contribution >= 0.6 is 23.5 Å². The van der Waals surface area contributed by atoms with Gasteiger partial charge in [0.2, 0.25) is 0 Å². The molecule has 2 aromatic rings. The summed E-state index contributed by atoms with van der Waals surface area (Å²) >= 11 is 2.14. The number of carbonyl (C=O) groups is 2. The van der Waals surface area contributed by atoms with Crippen LogP contribution in [0.1, 0.15) is 36.1 Å². The second-order valence-electron chi connectivity index (χ2n) is 7.79. The summed E-state index contributed by atoms with van der Waals surface area (Å²) in [7, 11) is 0. The van der Waals surface area contributed by atoms with Gasteiger partial charge in [-0.05, 0) is 51.0 Å². The lowest BCUT2D eigenvalue weighted by atomic mass is 10.1. The molecule has 2 rings (SSSR count). The maximum Gasteiger partial charge on any atom is 0.332 e. The Bertz CT molecular complexity index is 1290. The Morgan fingerprint density at radius 2 is 1.16 bits per heavy atom. The van der Waals surface area contributed by atoms with Gasteiger partial charge in [-0.15, -0.1) is 0 Å². The lowest BCUT2D eigenvalue weighted by Gasteiger charge is -2.13. The van der Waals surface area contributed by atoms with Gasteiger partial charge >= 0.3 is 11.9 Å². The molecule has 4 N–H and O–H groups in total. The number of thioether (sulfide) groups is 2. The lowest BCUT2D eigenvalue weighted by Crippen LogP contribution is -2.06. The van der Waals surface area contributed by atoms with Crippen LogP contribution in [0.4, 0.5) is 0 Å². The van der Waals surface area contributed by atoms with Crippen LogP contribution in [0.15, 0.2) is 68.2 Å². The molecule has 0 aliphatic rings. The number of rotatable bonds is 10. The standard InChI is InChI=1S/C28H28N4O4S2/c1-5-35-27(33)13-21(31)19-9-7-17(3)11-23(19)37-25(15-29)26(16-30)38-24-12-18(4)8-10-20(24)22(32)14-28(34)36-6-2/h7-14H,5-6,31-32H2,1-4H3/b21-13+,22-14+,26-25-. The minimum Gasteiger partial charge on any atom is -0.463 e. The van der Waals surface area contributed by atoms with Gasteiger partial charge in [-0.1, -0.05) is 47.8 Å². The molecule has 38 heavy (non-hydrogen) atoms. The number of ether oxygens (including phenoxy) is 2. The van der Waals surface area contributed by atoms with Crippen molar-refractivity contribution < 1.29 is 19.1 Å². The van der Waals surface area contributed by atoms with Crippen LogP contribution in [0.3, 0.4) is 0 Å². The topological polar surface area (TPSA) is 152 Å². The summed E-state index contributed by atoms with van der Waals surface area (Å²) in [4.78, 5) is 25.3. The van der Waals surface area contributed by atoms with E-state index in [9.17, 15) is 20.1 Å². The maximum atomic E-state index is 11.9. The van der Waals surface area contributed by atoms with E-state index in [1.165, 1.54) is 12.2 Å². The van der Waals surface area contributed by atoms with Crippen LogP contribution in [-0.2, 0) is 19.1 Å². The highest BCUT2D eigenvalue weighted by atomic mass is 32.2. The van der Waals surface area contributed by atoms with Crippen molar-refractivity contribution in [3.8, 4) is 12.1 Å². The Morgan fingerprint density at radius 1 is 0.789 bits per heavy atom. The number of hydrogen-bond acceptors (Lipinski definition) is 10. The number of nitrogens with two attached hydrogens (primary N) is 2. The van der Waals surface area contributed by atoms with Crippen LogP contribution in [-0.4, -0.2) is 25.2 Å². The number of nitriles is 2. The third-order valence-electron chi connectivity index (χ3n) is 4.85. The van der Waals surface area contributed by atoms with Crippen LogP contribution in [0, 0.1) is 36.5 Å². The van der Waals surface area contributed by atoms with Crippen molar-refractivity contribution in [2.24, 2.45) is 11.5 Å². The van der Waals surface area contributed by atoms with E-state index in [4.69, 9.17) is 20.9 Å². The molecule has 0 spiro atoms. The SMILES string of the molecule is CCOC(=O)/C=C(/N)c1ccc(C)cc1S/C(C#N)=C(/C#N)Sc1cc(C)ccc1/C(N)=C\C(=O)OCC. The number of aryl methyl sites for hydroxylation is 2. The number of carbonyl (C=O) groups excluding carboxylic acids is 2. The second-order valence-corrected chi connectivity index (χ2v) is 9.89. The highest BCUT2D eigenvalue weighted by Crippen LogP contribution is 2.40. The van der Waals surface area contributed by atoms with Crippen LogP contribution < -0.4 is 11.5 Å². The summed E-state index contributed by atoms with van der Waals surface area (Å²) in [6.45, 7) is 7.57. The van der Waals surface area contributed by atoms with E-state index in [0.29, 0.717) is 20.9 Å². The van der Waals surface area contributed by atoms with Gasteiger partial charge in [0.1, 0.15) is 21.9 Å². The Kier molecular flexibility index (Phi) is 11.5. The molecule has 8 nitrogen and oxygen atoms in total. The molecule has 0 amide bonds. The van der Waals surface area contributed by atoms with E-state index >= 15 is 0 Å². The first kappa shape index (κ1) is 30.1. The summed E-state index contributed by atoms with van der Waals surface area (Å²) in [6, 6.07) is 15.0. The summed E-state index contributed by atoms with van der Waals surface area (Å²) in [5, 5.41) is 20.0. The summed E-state index contributed by atoms with van der Waals surface area (Å²) in [5.41, 5.74) is 15.6. The molecule has 10 heteroatoms. The maximum absolute atomic E-state index is 11.9. The molecule has 0 radical (unpaired) electrons. The van der Waals surface area contributed by atoms with Crippen molar-refractivity contribution in [1.29, 1.82) is 10.5 Å². The lowest BCUT2D eigenvalue weighted by molar-refractivity contribution is -0.138. The van der Waals surface area contributed by atoms with E-state index in [0.717, 1.165) is 34.7 Å². The Hall–Kier alpha value is -4.12. The zero-order valence-corrected chi connectivity index (χ0v) is 23.2. The molecule has 0 fully saturated rings. The molecule has 0 aliphatic carbocycles. The minimum absolute atomic E-state index is 0.133. The van der Waals surface area contributed by atoms with Crippen LogP contribution in [0.25, 0.3) is 11.4 Å². The van der Waals surface area contributed by atoms with Crippen molar-refractivity contribution in [3.05, 3.63) is 80.6 Å². The van der Waals surface area contributed by atoms with E-state index in [2.05, 4.69) is 12.1 Å². The van der Waals surface area contributed by atoms with Crippen molar-refractivity contribution in [1.82, 2.24) is 0 Å². The highest BCUT2D eigenvalue weighted by Gasteiger charge is 2.17. The van der Waals surface area contributed by atoms with Gasteiger partial charge in [0.15, 0.2) is 0 Å². The van der Waals surface area contributed by atoms with Crippen molar-refractivity contribution in [2.75, 3.05) is 13.2 Å². The summed E-state index contributed by atoms with van der Waals surface area (Å²) in [6.07, 6.45) is 2.37. The van der Waals surface area contributed by atoms with Gasteiger partial charge < -0.3 is 20.9 Å².